The minimum atomic E-state index is -2.04. The molecule has 0 spiro atoms. The standard InChI is InChI=1S/C21H16Cl2F3NO3/c22-13-3-1-2-12(6-13)17-15-7-14(23)4-5-16(15)27-18(20(28)29)19(17)30-11-21(8-24,9-25)10-26/h1-7H,8-11H2,(H,28,29). The summed E-state index contributed by atoms with van der Waals surface area (Å²) in [6.45, 7) is -4.68. The largest absolute Gasteiger partial charge is 0.489 e. The van der Waals surface area contributed by atoms with Crippen molar-refractivity contribution in [1.29, 1.82) is 0 Å². The summed E-state index contributed by atoms with van der Waals surface area (Å²) < 4.78 is 45.6. The zero-order valence-corrected chi connectivity index (χ0v) is 17.0. The quantitative estimate of drug-likeness (QED) is 0.438. The van der Waals surface area contributed by atoms with Crippen molar-refractivity contribution in [3.05, 3.63) is 58.2 Å². The molecule has 0 atom stereocenters. The topological polar surface area (TPSA) is 59.4 Å². The van der Waals surface area contributed by atoms with Crippen LogP contribution in [0.25, 0.3) is 22.0 Å². The Labute approximate surface area is 180 Å². The molecule has 9 heteroatoms. The highest BCUT2D eigenvalue weighted by Crippen LogP contribution is 2.41. The maximum Gasteiger partial charge on any atom is 0.358 e. The van der Waals surface area contributed by atoms with Crippen molar-refractivity contribution in [2.45, 2.75) is 0 Å². The predicted molar refractivity (Wildman–Crippen MR) is 110 cm³/mol. The second-order valence-corrected chi connectivity index (χ2v) is 7.70. The summed E-state index contributed by atoms with van der Waals surface area (Å²) >= 11 is 12.2. The molecule has 0 radical (unpaired) electrons. The van der Waals surface area contributed by atoms with Gasteiger partial charge in [0.1, 0.15) is 26.6 Å². The first-order chi connectivity index (χ1) is 14.3. The maximum absolute atomic E-state index is 13.3. The Balaban J connectivity index is 2.31. The molecule has 1 heterocycles. The van der Waals surface area contributed by atoms with E-state index in [9.17, 15) is 23.1 Å². The van der Waals surface area contributed by atoms with Crippen LogP contribution in [0.5, 0.6) is 5.75 Å². The van der Waals surface area contributed by atoms with Gasteiger partial charge in [0.2, 0.25) is 0 Å². The van der Waals surface area contributed by atoms with E-state index in [-0.39, 0.29) is 11.3 Å². The first-order valence-corrected chi connectivity index (χ1v) is 9.53. The molecular weight excluding hydrogens is 442 g/mol. The fraction of sp³-hybridized carbons (Fsp3) is 0.238. The molecule has 3 rings (SSSR count). The Hall–Kier alpha value is -2.51. The van der Waals surface area contributed by atoms with Crippen LogP contribution in [0.3, 0.4) is 0 Å². The van der Waals surface area contributed by atoms with Crippen molar-refractivity contribution in [2.75, 3.05) is 26.6 Å². The second kappa shape index (κ2) is 9.10. The minimum absolute atomic E-state index is 0.251. The molecule has 4 nitrogen and oxygen atoms in total. The summed E-state index contributed by atoms with van der Waals surface area (Å²) in [7, 11) is 0. The van der Waals surface area contributed by atoms with Crippen LogP contribution in [0.1, 0.15) is 10.5 Å². The van der Waals surface area contributed by atoms with Crippen LogP contribution in [-0.4, -0.2) is 42.7 Å². The summed E-state index contributed by atoms with van der Waals surface area (Å²) in [5, 5.41) is 10.9. The number of ether oxygens (including phenoxy) is 1. The number of carboxylic acid groups (broad SMARTS) is 1. The van der Waals surface area contributed by atoms with Gasteiger partial charge in [-0.25, -0.2) is 9.78 Å². The van der Waals surface area contributed by atoms with Crippen molar-refractivity contribution in [3.8, 4) is 16.9 Å². The van der Waals surface area contributed by atoms with Crippen LogP contribution in [-0.2, 0) is 0 Å². The summed E-state index contributed by atoms with van der Waals surface area (Å²) in [5.74, 6) is -1.67. The average Bonchev–Trinajstić information content (AvgIpc) is 2.74. The molecule has 0 aliphatic rings. The molecule has 158 valence electrons. The van der Waals surface area contributed by atoms with Gasteiger partial charge in [0.25, 0.3) is 0 Å². The van der Waals surface area contributed by atoms with Crippen molar-refractivity contribution in [2.24, 2.45) is 5.41 Å². The molecule has 1 aromatic heterocycles. The number of nitrogens with zero attached hydrogens (tertiary/aromatic N) is 1. The number of benzene rings is 2. The van der Waals surface area contributed by atoms with Gasteiger partial charge in [-0.1, -0.05) is 35.3 Å². The molecule has 0 aliphatic heterocycles. The number of alkyl halides is 3. The minimum Gasteiger partial charge on any atom is -0.489 e. The Kier molecular flexibility index (Phi) is 6.73. The number of halogens is 5. The molecule has 0 saturated heterocycles. The van der Waals surface area contributed by atoms with E-state index in [1.165, 1.54) is 6.07 Å². The van der Waals surface area contributed by atoms with Crippen molar-refractivity contribution in [1.82, 2.24) is 4.98 Å². The number of carbonyl (C=O) groups is 1. The van der Waals surface area contributed by atoms with Crippen LogP contribution in [0.4, 0.5) is 13.2 Å². The number of hydrogen-bond donors (Lipinski definition) is 1. The third kappa shape index (κ3) is 4.32. The molecule has 0 bridgehead atoms. The smallest absolute Gasteiger partial charge is 0.358 e. The number of rotatable bonds is 8. The van der Waals surface area contributed by atoms with Gasteiger partial charge in [0.15, 0.2) is 11.4 Å². The molecule has 0 aliphatic carbocycles. The van der Waals surface area contributed by atoms with Crippen LogP contribution in [0.15, 0.2) is 42.5 Å². The van der Waals surface area contributed by atoms with E-state index in [1.807, 2.05) is 0 Å². The van der Waals surface area contributed by atoms with Gasteiger partial charge in [0, 0.05) is 21.0 Å². The number of fused-ring (bicyclic) bond motifs is 1. The molecule has 3 aromatic rings. The van der Waals surface area contributed by atoms with E-state index in [4.69, 9.17) is 27.9 Å². The van der Waals surface area contributed by atoms with Crippen molar-refractivity contribution >= 4 is 40.1 Å². The van der Waals surface area contributed by atoms with Crippen LogP contribution < -0.4 is 4.74 Å². The lowest BCUT2D eigenvalue weighted by atomic mass is 9.94. The predicted octanol–water partition coefficient (Wildman–Crippen LogP) is 6.18. The van der Waals surface area contributed by atoms with Crippen molar-refractivity contribution in [3.63, 3.8) is 0 Å². The Bertz CT molecular complexity index is 1080. The lowest BCUT2D eigenvalue weighted by molar-refractivity contribution is 0.0523. The SMILES string of the molecule is O=C(O)c1nc2ccc(Cl)cc2c(-c2cccc(Cl)c2)c1OCC(CF)(CF)CF. The van der Waals surface area contributed by atoms with Gasteiger partial charge in [-0.05, 0) is 35.9 Å². The number of carboxylic acids is 1. The van der Waals surface area contributed by atoms with Crippen LogP contribution in [0, 0.1) is 5.41 Å². The summed E-state index contributed by atoms with van der Waals surface area (Å²) in [6.07, 6.45) is 0. The maximum atomic E-state index is 13.3. The zero-order valence-electron chi connectivity index (χ0n) is 15.5. The van der Waals surface area contributed by atoms with Crippen molar-refractivity contribution < 1.29 is 27.8 Å². The van der Waals surface area contributed by atoms with E-state index in [1.54, 1.807) is 36.4 Å². The summed E-state index contributed by atoms with van der Waals surface area (Å²) in [6, 6.07) is 11.1. The Morgan fingerprint density at radius 1 is 1.03 bits per heavy atom. The van der Waals surface area contributed by atoms with Gasteiger partial charge in [-0.3, -0.25) is 13.2 Å². The molecule has 2 aromatic carbocycles. The molecule has 0 fully saturated rings. The zero-order chi connectivity index (χ0) is 21.9. The summed E-state index contributed by atoms with van der Waals surface area (Å²) in [5.41, 5.74) is -1.46. The number of aromatic carboxylic acids is 1. The van der Waals surface area contributed by atoms with Crippen LogP contribution >= 0.6 is 23.2 Å². The van der Waals surface area contributed by atoms with Crippen LogP contribution in [0.2, 0.25) is 10.0 Å². The van der Waals surface area contributed by atoms with E-state index >= 15 is 0 Å². The molecule has 0 unspecified atom stereocenters. The van der Waals surface area contributed by atoms with Gasteiger partial charge in [-0.15, -0.1) is 0 Å². The monoisotopic (exact) mass is 457 g/mol. The lowest BCUT2D eigenvalue weighted by Gasteiger charge is -2.26. The van der Waals surface area contributed by atoms with E-state index < -0.39 is 43.7 Å². The number of pyridine rings is 1. The fourth-order valence-electron chi connectivity index (χ4n) is 2.88. The van der Waals surface area contributed by atoms with Gasteiger partial charge < -0.3 is 9.84 Å². The second-order valence-electron chi connectivity index (χ2n) is 6.83. The van der Waals surface area contributed by atoms with E-state index in [0.29, 0.717) is 26.5 Å². The highest BCUT2D eigenvalue weighted by atomic mass is 35.5. The average molecular weight is 458 g/mol. The normalized spacial score (nSPS) is 11.6. The fourth-order valence-corrected chi connectivity index (χ4v) is 3.24. The van der Waals surface area contributed by atoms with E-state index in [0.717, 1.165) is 0 Å². The van der Waals surface area contributed by atoms with E-state index in [2.05, 4.69) is 4.98 Å². The lowest BCUT2D eigenvalue weighted by Crippen LogP contribution is -2.36. The highest BCUT2D eigenvalue weighted by Gasteiger charge is 2.34. The number of hydrogen-bond acceptors (Lipinski definition) is 3. The molecule has 0 amide bonds. The molecule has 0 saturated carbocycles. The highest BCUT2D eigenvalue weighted by molar-refractivity contribution is 6.32. The third-order valence-electron chi connectivity index (χ3n) is 4.59. The third-order valence-corrected chi connectivity index (χ3v) is 5.06. The Morgan fingerprint density at radius 2 is 1.70 bits per heavy atom. The van der Waals surface area contributed by atoms with Gasteiger partial charge >= 0.3 is 5.97 Å². The molecule has 1 N–H and O–H groups in total. The first kappa shape index (κ1) is 22.2. The molecular formula is C21H16Cl2F3NO3. The Morgan fingerprint density at radius 3 is 2.30 bits per heavy atom. The first-order valence-electron chi connectivity index (χ1n) is 8.77. The van der Waals surface area contributed by atoms with Gasteiger partial charge in [-0.2, -0.15) is 0 Å². The van der Waals surface area contributed by atoms with Gasteiger partial charge in [0.05, 0.1) is 10.9 Å². The summed E-state index contributed by atoms with van der Waals surface area (Å²) in [4.78, 5) is 16.0. The number of aromatic nitrogens is 1. The molecule has 30 heavy (non-hydrogen) atoms.